The lowest BCUT2D eigenvalue weighted by Crippen LogP contribution is -2.43. The van der Waals surface area contributed by atoms with Crippen molar-refractivity contribution in [3.05, 3.63) is 129 Å². The van der Waals surface area contributed by atoms with E-state index in [0.29, 0.717) is 0 Å². The first-order valence-corrected chi connectivity index (χ1v) is 23.5. The number of H-pyrrole nitrogens is 2. The number of ketones is 1. The molecule has 1 aliphatic heterocycles. The quantitative estimate of drug-likeness (QED) is 0.162. The zero-order chi connectivity index (χ0) is 46.6. The molecule has 4 nitrogen and oxygen atoms in total. The highest BCUT2D eigenvalue weighted by Crippen LogP contribution is 2.56. The minimum absolute atomic E-state index is 0.0201. The van der Waals surface area contributed by atoms with Gasteiger partial charge in [0.25, 0.3) is 0 Å². The number of aromatic nitrogens is 2. The molecular formula is C60H71N3O. The van der Waals surface area contributed by atoms with Crippen LogP contribution in [0.2, 0.25) is 0 Å². The molecule has 1 aliphatic carbocycles. The Morgan fingerprint density at radius 3 is 1.38 bits per heavy atom. The largest absolute Gasteiger partial charge is 0.365 e. The molecule has 5 aromatic carbocycles. The Bertz CT molecular complexity index is 3190. The first-order chi connectivity index (χ1) is 29.4. The van der Waals surface area contributed by atoms with Gasteiger partial charge >= 0.3 is 0 Å². The summed E-state index contributed by atoms with van der Waals surface area (Å²) in [5, 5.41) is 8.77. The number of nitrogens with one attached hydrogen (secondary N) is 3. The van der Waals surface area contributed by atoms with Gasteiger partial charge in [0.2, 0.25) is 0 Å². The molecule has 2 aromatic heterocycles. The normalized spacial score (nSPS) is 17.6. The van der Waals surface area contributed by atoms with Crippen molar-refractivity contribution in [3.63, 3.8) is 0 Å². The van der Waals surface area contributed by atoms with Crippen LogP contribution in [0.15, 0.2) is 90.5 Å². The van der Waals surface area contributed by atoms with E-state index in [1.54, 1.807) is 0 Å². The van der Waals surface area contributed by atoms with Crippen molar-refractivity contribution in [2.75, 3.05) is 5.32 Å². The first-order valence-electron chi connectivity index (χ1n) is 23.5. The lowest BCUT2D eigenvalue weighted by atomic mass is 9.69. The molecule has 0 bridgehead atoms. The summed E-state index contributed by atoms with van der Waals surface area (Å²) in [7, 11) is 0. The Kier molecular flexibility index (Phi) is 9.32. The van der Waals surface area contributed by atoms with E-state index < -0.39 is 5.54 Å². The second kappa shape index (κ2) is 13.6. The molecule has 9 rings (SSSR count). The second-order valence-corrected chi connectivity index (χ2v) is 25.5. The van der Waals surface area contributed by atoms with Crippen LogP contribution in [-0.4, -0.2) is 15.8 Å². The molecule has 1 atom stereocenters. The summed E-state index contributed by atoms with van der Waals surface area (Å²) < 4.78 is 0. The van der Waals surface area contributed by atoms with Crippen molar-refractivity contribution in [3.8, 4) is 11.1 Å². The van der Waals surface area contributed by atoms with Crippen molar-refractivity contribution in [2.24, 2.45) is 5.41 Å². The number of benzene rings is 5. The molecule has 0 saturated heterocycles. The van der Waals surface area contributed by atoms with Crippen LogP contribution < -0.4 is 5.32 Å². The summed E-state index contributed by atoms with van der Waals surface area (Å²) in [4.78, 5) is 23.6. The van der Waals surface area contributed by atoms with Crippen molar-refractivity contribution >= 4 is 60.7 Å². The highest BCUT2D eigenvalue weighted by Gasteiger charge is 2.52. The van der Waals surface area contributed by atoms with Gasteiger partial charge in [-0.05, 0) is 138 Å². The Balaban J connectivity index is 1.42. The van der Waals surface area contributed by atoms with E-state index in [1.165, 1.54) is 49.5 Å². The predicted molar refractivity (Wildman–Crippen MR) is 276 cm³/mol. The maximum atomic E-state index is 15.6. The van der Waals surface area contributed by atoms with Gasteiger partial charge in [0.1, 0.15) is 0 Å². The Hall–Kier alpha value is -5.35. The standard InChI is InChI=1S/C60H71N3O/c1-54(2,3)33-19-21-48-39(23-33)40-25-35(56(7,8)9)26-41(51(40)61-48)42-27-36(57(10,11)12)28-43-44-29-37(58(13,14)15)31-47(53(44)62-52(42)43)60-46(30-38(32-50(60)64)59(16,17)18)45-24-34(55(4,5)6)20-22-49(45)63-60/h19-32,61-63H,1-18H3/t60-/m1/s1. The number of rotatable bonds is 2. The third kappa shape index (κ3) is 6.88. The number of hydrogen-bond donors (Lipinski definition) is 3. The summed E-state index contributed by atoms with van der Waals surface area (Å²) in [5.74, 6) is 0.0670. The highest BCUT2D eigenvalue weighted by atomic mass is 16.1. The molecule has 0 fully saturated rings. The zero-order valence-electron chi connectivity index (χ0n) is 42.0. The van der Waals surface area contributed by atoms with E-state index in [0.717, 1.165) is 61.0 Å². The molecule has 0 amide bonds. The van der Waals surface area contributed by atoms with Gasteiger partial charge in [0.15, 0.2) is 11.3 Å². The van der Waals surface area contributed by atoms with E-state index in [2.05, 4.69) is 219 Å². The van der Waals surface area contributed by atoms with E-state index in [9.17, 15) is 0 Å². The van der Waals surface area contributed by atoms with E-state index in [-0.39, 0.29) is 38.3 Å². The average molecular weight is 850 g/mol. The molecule has 332 valence electrons. The van der Waals surface area contributed by atoms with E-state index in [1.807, 2.05) is 6.08 Å². The maximum absolute atomic E-state index is 15.6. The summed E-state index contributed by atoms with van der Waals surface area (Å²) in [6, 6.07) is 28.1. The number of hydrogen-bond acceptors (Lipinski definition) is 2. The van der Waals surface area contributed by atoms with Gasteiger partial charge < -0.3 is 15.3 Å². The van der Waals surface area contributed by atoms with Gasteiger partial charge in [0, 0.05) is 55.0 Å². The van der Waals surface area contributed by atoms with Crippen LogP contribution in [0.3, 0.4) is 0 Å². The summed E-state index contributed by atoms with van der Waals surface area (Å²) in [6.07, 6.45) is 4.24. The molecule has 0 unspecified atom stereocenters. The molecule has 0 saturated carbocycles. The number of carbonyl (C=O) groups excluding carboxylic acids is 1. The van der Waals surface area contributed by atoms with Crippen LogP contribution in [0, 0.1) is 5.41 Å². The Labute approximate surface area is 382 Å². The third-order valence-corrected chi connectivity index (χ3v) is 14.4. The molecule has 4 heteroatoms. The third-order valence-electron chi connectivity index (χ3n) is 14.4. The van der Waals surface area contributed by atoms with Crippen LogP contribution in [0.1, 0.15) is 164 Å². The number of fused-ring (bicyclic) bond motifs is 9. The van der Waals surface area contributed by atoms with Crippen LogP contribution in [0.5, 0.6) is 0 Å². The fourth-order valence-corrected chi connectivity index (χ4v) is 10.0. The van der Waals surface area contributed by atoms with Gasteiger partial charge in [-0.2, -0.15) is 0 Å². The monoisotopic (exact) mass is 850 g/mol. The summed E-state index contributed by atoms with van der Waals surface area (Å²) in [5.41, 5.74) is 16.4. The average Bonchev–Trinajstić information content (AvgIpc) is 3.84. The van der Waals surface area contributed by atoms with Crippen molar-refractivity contribution in [1.82, 2.24) is 9.97 Å². The fraction of sp³-hybridized carbons (Fsp3) is 0.417. The van der Waals surface area contributed by atoms with Crippen molar-refractivity contribution in [1.29, 1.82) is 0 Å². The minimum atomic E-state index is -1.14. The van der Waals surface area contributed by atoms with Gasteiger partial charge in [-0.3, -0.25) is 4.79 Å². The Morgan fingerprint density at radius 1 is 0.406 bits per heavy atom. The van der Waals surface area contributed by atoms with Gasteiger partial charge in [-0.1, -0.05) is 143 Å². The van der Waals surface area contributed by atoms with Crippen LogP contribution in [-0.2, 0) is 37.4 Å². The van der Waals surface area contributed by atoms with Crippen molar-refractivity contribution in [2.45, 2.75) is 157 Å². The molecular weight excluding hydrogens is 779 g/mol. The zero-order valence-corrected chi connectivity index (χ0v) is 42.0. The molecule has 7 aromatic rings. The van der Waals surface area contributed by atoms with Crippen LogP contribution >= 0.6 is 0 Å². The molecule has 3 heterocycles. The number of anilines is 1. The summed E-state index contributed by atoms with van der Waals surface area (Å²) >= 11 is 0. The predicted octanol–water partition coefficient (Wildman–Crippen LogP) is 16.4. The van der Waals surface area contributed by atoms with Gasteiger partial charge in [0.05, 0.1) is 16.6 Å². The molecule has 64 heavy (non-hydrogen) atoms. The molecule has 0 radical (unpaired) electrons. The lowest BCUT2D eigenvalue weighted by molar-refractivity contribution is -0.117. The minimum Gasteiger partial charge on any atom is -0.365 e. The Morgan fingerprint density at radius 2 is 0.844 bits per heavy atom. The number of allylic oxidation sites excluding steroid dienone is 2. The SMILES string of the molecule is CC(C)(C)C1=CC(=O)[C@@]2(c3cc(C(C)(C)C)cc4c3[nH]c3c(-c5cc(C(C)(C)C)cc6c5[nH]c5ccc(C(C)(C)C)cc56)cc(C(C)(C)C)cc34)Nc3ccc(C(C)(C)C)cc3C2=C1. The molecule has 3 N–H and O–H groups in total. The second-order valence-electron chi connectivity index (χ2n) is 25.5. The lowest BCUT2D eigenvalue weighted by Gasteiger charge is -2.36. The maximum Gasteiger partial charge on any atom is 0.190 e. The van der Waals surface area contributed by atoms with Crippen LogP contribution in [0.25, 0.3) is 60.3 Å². The summed E-state index contributed by atoms with van der Waals surface area (Å²) in [6.45, 7) is 41.1. The van der Waals surface area contributed by atoms with Gasteiger partial charge in [-0.25, -0.2) is 0 Å². The van der Waals surface area contributed by atoms with Crippen molar-refractivity contribution < 1.29 is 4.79 Å². The molecule has 0 spiro atoms. The number of aromatic amines is 2. The van der Waals surface area contributed by atoms with E-state index >= 15 is 4.79 Å². The first kappa shape index (κ1) is 43.9. The number of carbonyl (C=O) groups is 1. The highest BCUT2D eigenvalue weighted by molar-refractivity contribution is 6.22. The fourth-order valence-electron chi connectivity index (χ4n) is 10.0. The smallest absolute Gasteiger partial charge is 0.190 e. The topological polar surface area (TPSA) is 60.7 Å². The van der Waals surface area contributed by atoms with Gasteiger partial charge in [-0.15, -0.1) is 0 Å². The van der Waals surface area contributed by atoms with Crippen LogP contribution in [0.4, 0.5) is 5.69 Å². The molecule has 2 aliphatic rings. The van der Waals surface area contributed by atoms with E-state index in [4.69, 9.17) is 0 Å².